The number of likely N-dealkylation sites (tertiary alicyclic amines) is 1. The topological polar surface area (TPSA) is 64.8 Å². The fourth-order valence-electron chi connectivity index (χ4n) is 2.03. The fourth-order valence-corrected chi connectivity index (χ4v) is 2.52. The number of ether oxygens (including phenoxy) is 2. The van der Waals surface area contributed by atoms with Gasteiger partial charge in [-0.1, -0.05) is 15.9 Å². The van der Waals surface area contributed by atoms with E-state index >= 15 is 0 Å². The third kappa shape index (κ3) is 4.81. The van der Waals surface area contributed by atoms with Crippen LogP contribution in [0.5, 0.6) is 5.75 Å². The Morgan fingerprint density at radius 3 is 2.62 bits per heavy atom. The van der Waals surface area contributed by atoms with Gasteiger partial charge >= 0.3 is 6.09 Å². The quantitative estimate of drug-likeness (QED) is 0.844. The van der Waals surface area contributed by atoms with Gasteiger partial charge in [-0.05, 0) is 32.9 Å². The molecule has 0 aliphatic carbocycles. The van der Waals surface area contributed by atoms with Crippen LogP contribution in [0.1, 0.15) is 20.8 Å². The van der Waals surface area contributed by atoms with E-state index in [4.69, 9.17) is 15.2 Å². The van der Waals surface area contributed by atoms with Crippen molar-refractivity contribution >= 4 is 27.7 Å². The molecule has 0 radical (unpaired) electrons. The number of nitrogens with two attached hydrogens (primary N) is 1. The number of rotatable bonds is 3. The van der Waals surface area contributed by atoms with Crippen LogP contribution in [0.2, 0.25) is 0 Å². The number of halogens is 1. The monoisotopic (exact) mass is 356 g/mol. The molecule has 0 atom stereocenters. The Labute approximate surface area is 133 Å². The van der Waals surface area contributed by atoms with Gasteiger partial charge in [-0.15, -0.1) is 0 Å². The van der Waals surface area contributed by atoms with Crippen molar-refractivity contribution in [3.63, 3.8) is 0 Å². The van der Waals surface area contributed by atoms with Gasteiger partial charge in [-0.25, -0.2) is 4.79 Å². The first kappa shape index (κ1) is 15.9. The number of carbonyl (C=O) groups is 1. The molecule has 2 rings (SSSR count). The van der Waals surface area contributed by atoms with Crippen LogP contribution in [0.25, 0.3) is 0 Å². The van der Waals surface area contributed by atoms with Crippen LogP contribution in [-0.2, 0) is 4.74 Å². The normalized spacial score (nSPS) is 15.5. The first-order valence-electron chi connectivity index (χ1n) is 6.90. The van der Waals surface area contributed by atoms with E-state index in [0.717, 1.165) is 10.2 Å². The van der Waals surface area contributed by atoms with Crippen LogP contribution in [0.3, 0.4) is 0 Å². The maximum absolute atomic E-state index is 11.8. The highest BCUT2D eigenvalue weighted by molar-refractivity contribution is 9.10. The third-order valence-corrected chi connectivity index (χ3v) is 3.45. The molecule has 1 aliphatic heterocycles. The first-order valence-corrected chi connectivity index (χ1v) is 7.69. The zero-order chi connectivity index (χ0) is 15.6. The number of hydrogen-bond acceptors (Lipinski definition) is 4. The highest BCUT2D eigenvalue weighted by Crippen LogP contribution is 2.25. The minimum atomic E-state index is -0.452. The van der Waals surface area contributed by atoms with E-state index < -0.39 is 5.60 Å². The Morgan fingerprint density at radius 2 is 2.05 bits per heavy atom. The minimum Gasteiger partial charge on any atom is -0.493 e. The lowest BCUT2D eigenvalue weighted by atomic mass is 10.0. The Kier molecular flexibility index (Phi) is 4.66. The van der Waals surface area contributed by atoms with E-state index in [0.29, 0.717) is 31.3 Å². The Balaban J connectivity index is 1.74. The van der Waals surface area contributed by atoms with Crippen LogP contribution >= 0.6 is 15.9 Å². The number of nitrogen functional groups attached to an aromatic ring is 1. The minimum absolute atomic E-state index is 0.259. The summed E-state index contributed by atoms with van der Waals surface area (Å²) in [5.74, 6) is 1.07. The van der Waals surface area contributed by atoms with E-state index in [2.05, 4.69) is 15.9 Å². The number of carbonyl (C=O) groups excluding carboxylic acids is 1. The molecule has 1 heterocycles. The second kappa shape index (κ2) is 6.13. The molecule has 1 fully saturated rings. The van der Waals surface area contributed by atoms with Crippen molar-refractivity contribution in [2.75, 3.05) is 25.4 Å². The molecule has 1 saturated heterocycles. The molecule has 2 N–H and O–H groups in total. The zero-order valence-corrected chi connectivity index (χ0v) is 14.1. The molecule has 0 unspecified atom stereocenters. The Hall–Kier alpha value is -1.43. The average molecular weight is 357 g/mol. The smallest absolute Gasteiger partial charge is 0.410 e. The maximum Gasteiger partial charge on any atom is 0.410 e. The van der Waals surface area contributed by atoms with Crippen molar-refractivity contribution in [1.82, 2.24) is 4.90 Å². The van der Waals surface area contributed by atoms with E-state index in [-0.39, 0.29) is 6.09 Å². The van der Waals surface area contributed by atoms with E-state index in [1.165, 1.54) is 0 Å². The van der Waals surface area contributed by atoms with Gasteiger partial charge in [0.05, 0.1) is 6.61 Å². The summed E-state index contributed by atoms with van der Waals surface area (Å²) in [5, 5.41) is 0. The lowest BCUT2D eigenvalue weighted by Crippen LogP contribution is -2.53. The number of amides is 1. The highest BCUT2D eigenvalue weighted by atomic mass is 79.9. The molecule has 1 amide bonds. The van der Waals surface area contributed by atoms with E-state index in [9.17, 15) is 4.79 Å². The summed E-state index contributed by atoms with van der Waals surface area (Å²) < 4.78 is 11.9. The van der Waals surface area contributed by atoms with Gasteiger partial charge in [-0.2, -0.15) is 0 Å². The zero-order valence-electron chi connectivity index (χ0n) is 12.6. The predicted molar refractivity (Wildman–Crippen MR) is 85.3 cm³/mol. The summed E-state index contributed by atoms with van der Waals surface area (Å²) in [7, 11) is 0. The molecule has 116 valence electrons. The van der Waals surface area contributed by atoms with Gasteiger partial charge in [0.25, 0.3) is 0 Å². The molecule has 6 heteroatoms. The van der Waals surface area contributed by atoms with Gasteiger partial charge in [0.1, 0.15) is 11.4 Å². The van der Waals surface area contributed by atoms with E-state index in [1.807, 2.05) is 32.9 Å². The molecule has 5 nitrogen and oxygen atoms in total. The van der Waals surface area contributed by atoms with Crippen molar-refractivity contribution in [2.24, 2.45) is 5.92 Å². The molecule has 0 bridgehead atoms. The van der Waals surface area contributed by atoms with Crippen LogP contribution in [0, 0.1) is 5.92 Å². The van der Waals surface area contributed by atoms with Gasteiger partial charge in [-0.3, -0.25) is 0 Å². The van der Waals surface area contributed by atoms with Crippen LogP contribution in [0.4, 0.5) is 10.5 Å². The Morgan fingerprint density at radius 1 is 1.38 bits per heavy atom. The largest absolute Gasteiger partial charge is 0.493 e. The molecule has 1 aromatic rings. The molecule has 1 aromatic carbocycles. The van der Waals surface area contributed by atoms with Crippen LogP contribution in [-0.4, -0.2) is 36.3 Å². The SMILES string of the molecule is CC(C)(C)OC(=O)N1CC(COc2cc(N)cc(Br)c2)C1. The molecule has 0 saturated carbocycles. The highest BCUT2D eigenvalue weighted by Gasteiger charge is 2.34. The van der Waals surface area contributed by atoms with Crippen LogP contribution < -0.4 is 10.5 Å². The van der Waals surface area contributed by atoms with Crippen molar-refractivity contribution < 1.29 is 14.3 Å². The van der Waals surface area contributed by atoms with Crippen molar-refractivity contribution in [1.29, 1.82) is 0 Å². The number of hydrogen-bond donors (Lipinski definition) is 1. The van der Waals surface area contributed by atoms with Crippen molar-refractivity contribution in [3.05, 3.63) is 22.7 Å². The number of anilines is 1. The fraction of sp³-hybridized carbons (Fsp3) is 0.533. The standard InChI is InChI=1S/C15H21BrN2O3/c1-15(2,3)21-14(19)18-7-10(8-18)9-20-13-5-11(16)4-12(17)6-13/h4-6,10H,7-9,17H2,1-3H3. The molecular weight excluding hydrogens is 336 g/mol. The second-order valence-corrected chi connectivity index (χ2v) is 7.20. The molecule has 0 spiro atoms. The van der Waals surface area contributed by atoms with Gasteiger partial charge < -0.3 is 20.1 Å². The second-order valence-electron chi connectivity index (χ2n) is 6.28. The van der Waals surface area contributed by atoms with Crippen molar-refractivity contribution in [2.45, 2.75) is 26.4 Å². The summed E-state index contributed by atoms with van der Waals surface area (Å²) >= 11 is 3.38. The first-order chi connectivity index (χ1) is 9.73. The number of benzene rings is 1. The molecule has 1 aliphatic rings. The summed E-state index contributed by atoms with van der Waals surface area (Å²) in [6.07, 6.45) is -0.259. The third-order valence-electron chi connectivity index (χ3n) is 2.99. The van der Waals surface area contributed by atoms with Gasteiger partial charge in [0.2, 0.25) is 0 Å². The lowest BCUT2D eigenvalue weighted by molar-refractivity contribution is -0.00780. The number of nitrogens with zero attached hydrogens (tertiary/aromatic N) is 1. The van der Waals surface area contributed by atoms with Crippen molar-refractivity contribution in [3.8, 4) is 5.75 Å². The van der Waals surface area contributed by atoms with Gasteiger partial charge in [0.15, 0.2) is 0 Å². The molecular formula is C15H21BrN2O3. The summed E-state index contributed by atoms with van der Waals surface area (Å²) in [6, 6.07) is 5.48. The average Bonchev–Trinajstić information content (AvgIpc) is 2.22. The summed E-state index contributed by atoms with van der Waals surface area (Å²) in [4.78, 5) is 13.5. The molecule has 0 aromatic heterocycles. The predicted octanol–water partition coefficient (Wildman–Crippen LogP) is 3.28. The van der Waals surface area contributed by atoms with Crippen LogP contribution in [0.15, 0.2) is 22.7 Å². The summed E-state index contributed by atoms with van der Waals surface area (Å²) in [5.41, 5.74) is 5.96. The van der Waals surface area contributed by atoms with E-state index in [1.54, 1.807) is 11.0 Å². The Bertz CT molecular complexity index is 502. The van der Waals surface area contributed by atoms with Gasteiger partial charge in [0, 0.05) is 35.2 Å². The summed E-state index contributed by atoms with van der Waals surface area (Å²) in [6.45, 7) is 7.49. The molecule has 21 heavy (non-hydrogen) atoms. The lowest BCUT2D eigenvalue weighted by Gasteiger charge is -2.39. The maximum atomic E-state index is 11.8.